The van der Waals surface area contributed by atoms with Crippen molar-refractivity contribution in [2.45, 2.75) is 39.4 Å². The fraction of sp³-hybridized carbons (Fsp3) is 0.385. The van der Waals surface area contributed by atoms with Crippen LogP contribution in [0.4, 0.5) is 0 Å². The second-order valence-electron chi connectivity index (χ2n) is 8.40. The lowest BCUT2D eigenvalue weighted by molar-refractivity contribution is -0.126. The topological polar surface area (TPSA) is 59.4 Å². The van der Waals surface area contributed by atoms with E-state index >= 15 is 0 Å². The zero-order valence-corrected chi connectivity index (χ0v) is 18.7. The first kappa shape index (κ1) is 22.1. The lowest BCUT2D eigenvalue weighted by atomic mass is 9.95. The molecule has 0 radical (unpaired) electrons. The quantitative estimate of drug-likeness (QED) is 0.558. The number of carbonyl (C=O) groups is 1. The van der Waals surface area contributed by atoms with Crippen molar-refractivity contribution in [1.29, 1.82) is 0 Å². The number of amides is 1. The Bertz CT molecular complexity index is 977. The third-order valence-electron chi connectivity index (χ3n) is 5.99. The third kappa shape index (κ3) is 6.20. The maximum atomic E-state index is 12.7. The molecule has 2 heterocycles. The van der Waals surface area contributed by atoms with Gasteiger partial charge in [-0.15, -0.1) is 0 Å². The molecule has 0 atom stereocenters. The van der Waals surface area contributed by atoms with Crippen LogP contribution in [-0.4, -0.2) is 40.1 Å². The van der Waals surface area contributed by atoms with E-state index in [0.29, 0.717) is 13.2 Å². The molecule has 0 bridgehead atoms. The lowest BCUT2D eigenvalue weighted by Gasteiger charge is -2.31. The summed E-state index contributed by atoms with van der Waals surface area (Å²) in [7, 11) is 0. The molecule has 0 saturated carbocycles. The van der Waals surface area contributed by atoms with Gasteiger partial charge in [-0.05, 0) is 61.7 Å². The number of imidazole rings is 1. The van der Waals surface area contributed by atoms with Gasteiger partial charge in [0.15, 0.2) is 0 Å². The molecule has 4 rings (SSSR count). The van der Waals surface area contributed by atoms with Crippen LogP contribution in [0.5, 0.6) is 5.75 Å². The summed E-state index contributed by atoms with van der Waals surface area (Å²) in [5.41, 5.74) is 3.60. The van der Waals surface area contributed by atoms with Gasteiger partial charge < -0.3 is 14.6 Å². The summed E-state index contributed by atoms with van der Waals surface area (Å²) in [6.45, 7) is 6.86. The largest absolute Gasteiger partial charge is 0.494 e. The zero-order chi connectivity index (χ0) is 22.2. The smallest absolute Gasteiger partial charge is 0.223 e. The minimum Gasteiger partial charge on any atom is -0.494 e. The normalized spacial score (nSPS) is 14.9. The molecular formula is C26H32N4O2. The van der Waals surface area contributed by atoms with E-state index in [4.69, 9.17) is 4.74 Å². The third-order valence-corrected chi connectivity index (χ3v) is 5.99. The van der Waals surface area contributed by atoms with Crippen LogP contribution in [-0.2, 0) is 24.4 Å². The molecule has 1 amide bonds. The molecule has 0 unspecified atom stereocenters. The highest BCUT2D eigenvalue weighted by Crippen LogP contribution is 2.21. The van der Waals surface area contributed by atoms with Gasteiger partial charge in [0, 0.05) is 37.9 Å². The summed E-state index contributed by atoms with van der Waals surface area (Å²) >= 11 is 0. The van der Waals surface area contributed by atoms with Crippen molar-refractivity contribution in [3.05, 3.63) is 83.9 Å². The molecule has 1 aromatic heterocycles. The Morgan fingerprint density at radius 2 is 1.84 bits per heavy atom. The van der Waals surface area contributed by atoms with Crippen molar-refractivity contribution in [3.8, 4) is 5.75 Å². The Hall–Kier alpha value is -3.12. The Balaban J connectivity index is 1.19. The molecule has 1 aliphatic rings. The number of carbonyl (C=O) groups excluding carboxylic acids is 1. The predicted octanol–water partition coefficient (Wildman–Crippen LogP) is 3.86. The van der Waals surface area contributed by atoms with Crippen LogP contribution in [0.1, 0.15) is 36.5 Å². The van der Waals surface area contributed by atoms with E-state index in [1.807, 2.05) is 36.1 Å². The monoisotopic (exact) mass is 432 g/mol. The maximum Gasteiger partial charge on any atom is 0.223 e. The number of ether oxygens (including phenoxy) is 1. The van der Waals surface area contributed by atoms with Crippen molar-refractivity contribution in [1.82, 2.24) is 19.8 Å². The van der Waals surface area contributed by atoms with Crippen LogP contribution in [0.25, 0.3) is 0 Å². The van der Waals surface area contributed by atoms with Gasteiger partial charge in [0.2, 0.25) is 5.91 Å². The molecule has 168 valence electrons. The zero-order valence-electron chi connectivity index (χ0n) is 18.7. The maximum absolute atomic E-state index is 12.7. The van der Waals surface area contributed by atoms with E-state index in [0.717, 1.165) is 50.3 Å². The first-order valence-corrected chi connectivity index (χ1v) is 11.4. The molecule has 32 heavy (non-hydrogen) atoms. The Morgan fingerprint density at radius 3 is 2.56 bits per heavy atom. The second-order valence-corrected chi connectivity index (χ2v) is 8.40. The van der Waals surface area contributed by atoms with Crippen LogP contribution >= 0.6 is 0 Å². The van der Waals surface area contributed by atoms with Crippen LogP contribution in [0.15, 0.2) is 67.3 Å². The number of rotatable bonds is 9. The van der Waals surface area contributed by atoms with Gasteiger partial charge in [-0.25, -0.2) is 4.98 Å². The summed E-state index contributed by atoms with van der Waals surface area (Å²) in [6.07, 6.45) is 7.37. The van der Waals surface area contributed by atoms with Gasteiger partial charge in [-0.1, -0.05) is 36.4 Å². The van der Waals surface area contributed by atoms with Crippen molar-refractivity contribution >= 4 is 5.91 Å². The molecule has 1 fully saturated rings. The molecule has 2 aromatic carbocycles. The molecule has 6 heteroatoms. The van der Waals surface area contributed by atoms with Gasteiger partial charge in [0.1, 0.15) is 5.75 Å². The van der Waals surface area contributed by atoms with Crippen molar-refractivity contribution in [3.63, 3.8) is 0 Å². The molecule has 1 aliphatic heterocycles. The highest BCUT2D eigenvalue weighted by atomic mass is 16.5. The van der Waals surface area contributed by atoms with Crippen LogP contribution in [0, 0.1) is 5.92 Å². The van der Waals surface area contributed by atoms with Crippen LogP contribution in [0.3, 0.4) is 0 Å². The van der Waals surface area contributed by atoms with E-state index < -0.39 is 0 Å². The summed E-state index contributed by atoms with van der Waals surface area (Å²) in [5, 5.41) is 3.13. The number of benzene rings is 2. The van der Waals surface area contributed by atoms with Gasteiger partial charge in [0.05, 0.1) is 12.9 Å². The van der Waals surface area contributed by atoms with E-state index in [1.165, 1.54) is 11.1 Å². The number of nitrogens with zero attached hydrogens (tertiary/aromatic N) is 3. The first-order chi connectivity index (χ1) is 15.7. The van der Waals surface area contributed by atoms with E-state index in [2.05, 4.69) is 51.6 Å². The van der Waals surface area contributed by atoms with E-state index in [9.17, 15) is 4.79 Å². The fourth-order valence-corrected chi connectivity index (χ4v) is 4.20. The molecule has 3 aromatic rings. The molecule has 1 N–H and O–H groups in total. The summed E-state index contributed by atoms with van der Waals surface area (Å²) < 4.78 is 7.64. The average Bonchev–Trinajstić information content (AvgIpc) is 3.32. The lowest BCUT2D eigenvalue weighted by Crippen LogP contribution is -2.40. The molecule has 1 saturated heterocycles. The second kappa shape index (κ2) is 11.0. The van der Waals surface area contributed by atoms with Crippen molar-refractivity contribution in [2.24, 2.45) is 5.92 Å². The van der Waals surface area contributed by atoms with Crippen LogP contribution < -0.4 is 10.1 Å². The highest BCUT2D eigenvalue weighted by molar-refractivity contribution is 5.78. The number of nitrogens with one attached hydrogen (secondary N) is 1. The highest BCUT2D eigenvalue weighted by Gasteiger charge is 2.24. The van der Waals surface area contributed by atoms with Crippen molar-refractivity contribution in [2.75, 3.05) is 19.7 Å². The number of hydrogen-bond acceptors (Lipinski definition) is 4. The summed E-state index contributed by atoms with van der Waals surface area (Å²) in [4.78, 5) is 19.2. The Labute approximate surface area is 190 Å². The molecule has 0 aliphatic carbocycles. The number of likely N-dealkylation sites (tertiary alicyclic amines) is 1. The minimum atomic E-state index is 0.0986. The van der Waals surface area contributed by atoms with Gasteiger partial charge in [-0.2, -0.15) is 0 Å². The van der Waals surface area contributed by atoms with Gasteiger partial charge in [0.25, 0.3) is 0 Å². The molecule has 6 nitrogen and oxygen atoms in total. The van der Waals surface area contributed by atoms with E-state index in [-0.39, 0.29) is 11.8 Å². The summed E-state index contributed by atoms with van der Waals surface area (Å²) in [6, 6.07) is 16.7. The van der Waals surface area contributed by atoms with Crippen LogP contribution in [0.2, 0.25) is 0 Å². The SMILES string of the molecule is CCOc1cccc(CN2CCC(C(=O)NCc3ccc(Cn4ccnc4)cc3)CC2)c1. The Morgan fingerprint density at radius 1 is 1.06 bits per heavy atom. The predicted molar refractivity (Wildman–Crippen MR) is 125 cm³/mol. The fourth-order valence-electron chi connectivity index (χ4n) is 4.20. The summed E-state index contributed by atoms with van der Waals surface area (Å²) in [5.74, 6) is 1.20. The number of aromatic nitrogens is 2. The average molecular weight is 433 g/mol. The first-order valence-electron chi connectivity index (χ1n) is 11.4. The Kier molecular flexibility index (Phi) is 7.56. The number of piperidine rings is 1. The number of hydrogen-bond donors (Lipinski definition) is 1. The standard InChI is InChI=1S/C26H32N4O2/c1-2-32-25-5-3-4-23(16-25)19-29-13-10-24(11-14-29)26(31)28-17-21-6-8-22(9-7-21)18-30-15-12-27-20-30/h3-9,12,15-16,20,24H,2,10-11,13-14,17-19H2,1H3,(H,28,31). The van der Waals surface area contributed by atoms with Gasteiger partial charge >= 0.3 is 0 Å². The minimum absolute atomic E-state index is 0.0986. The molecule has 0 spiro atoms. The van der Waals surface area contributed by atoms with Crippen molar-refractivity contribution < 1.29 is 9.53 Å². The van der Waals surface area contributed by atoms with Gasteiger partial charge in [-0.3, -0.25) is 9.69 Å². The van der Waals surface area contributed by atoms with E-state index in [1.54, 1.807) is 6.20 Å². The molecular weight excluding hydrogens is 400 g/mol.